The number of imide groups is 1. The molecular formula is C23H31N3O9S. The van der Waals surface area contributed by atoms with Gasteiger partial charge in [-0.15, -0.1) is 0 Å². The van der Waals surface area contributed by atoms with Crippen molar-refractivity contribution in [1.82, 2.24) is 10.2 Å². The fourth-order valence-electron chi connectivity index (χ4n) is 3.55. The van der Waals surface area contributed by atoms with E-state index in [-0.39, 0.29) is 84.7 Å². The highest BCUT2D eigenvalue weighted by Gasteiger charge is 2.37. The minimum absolute atomic E-state index is 0.0825. The fraction of sp³-hybridized carbons (Fsp3) is 0.565. The van der Waals surface area contributed by atoms with E-state index in [4.69, 9.17) is 14.2 Å². The number of likely N-dealkylation sites (tertiary alicyclic amines) is 1. The van der Waals surface area contributed by atoms with E-state index >= 15 is 0 Å². The SMILES string of the molecule is CCC(=O)OC(C)c1cc(OC)c(OCCCC(=O)NCCN2C(=O)CC(SC)C2=O)cc1[N+](=O)[O-]. The Bertz CT molecular complexity index is 1000. The molecule has 1 aromatic rings. The second-order valence-electron chi connectivity index (χ2n) is 7.92. The summed E-state index contributed by atoms with van der Waals surface area (Å²) in [7, 11) is 1.38. The zero-order valence-corrected chi connectivity index (χ0v) is 21.6. The molecule has 2 atom stereocenters. The van der Waals surface area contributed by atoms with Gasteiger partial charge in [-0.1, -0.05) is 6.92 Å². The van der Waals surface area contributed by atoms with Crippen LogP contribution in [0.15, 0.2) is 12.1 Å². The third-order valence-corrected chi connectivity index (χ3v) is 6.43. The number of carbonyl (C=O) groups excluding carboxylic acids is 4. The first kappa shape index (κ1) is 28.9. The standard InChI is InChI=1S/C23H31N3O9S/c1-5-22(29)35-14(2)15-11-17(33-3)18(12-16(15)26(31)32)34-10-6-7-20(27)24-8-9-25-21(28)13-19(36-4)23(25)30/h11-12,14,19H,5-10,13H2,1-4H3,(H,24,27). The molecule has 12 nitrogen and oxygen atoms in total. The number of nitrogens with one attached hydrogen (secondary N) is 1. The molecule has 0 bridgehead atoms. The molecule has 2 rings (SSSR count). The summed E-state index contributed by atoms with van der Waals surface area (Å²) < 4.78 is 16.1. The summed E-state index contributed by atoms with van der Waals surface area (Å²) in [5.41, 5.74) is -0.112. The normalized spacial score (nSPS) is 16.0. The molecule has 0 aliphatic carbocycles. The fourth-order valence-corrected chi connectivity index (χ4v) is 4.19. The van der Waals surface area contributed by atoms with Crippen LogP contribution in [0.5, 0.6) is 11.5 Å². The zero-order valence-electron chi connectivity index (χ0n) is 20.7. The van der Waals surface area contributed by atoms with Gasteiger partial charge in [-0.2, -0.15) is 11.8 Å². The van der Waals surface area contributed by atoms with Crippen LogP contribution in [0.3, 0.4) is 0 Å². The molecule has 1 aliphatic heterocycles. The van der Waals surface area contributed by atoms with Gasteiger partial charge in [0.05, 0.1) is 35.5 Å². The number of hydrogen-bond donors (Lipinski definition) is 1. The summed E-state index contributed by atoms with van der Waals surface area (Å²) >= 11 is 1.33. The first-order valence-electron chi connectivity index (χ1n) is 11.4. The number of nitro benzene ring substituents is 1. The maximum Gasteiger partial charge on any atom is 0.306 e. The Hall–Kier alpha value is -3.35. The van der Waals surface area contributed by atoms with E-state index < -0.39 is 17.0 Å². The number of ether oxygens (including phenoxy) is 3. The average molecular weight is 526 g/mol. The van der Waals surface area contributed by atoms with Crippen LogP contribution in [0.2, 0.25) is 0 Å². The Labute approximate surface area is 213 Å². The Kier molecular flexibility index (Phi) is 11.0. The second-order valence-corrected chi connectivity index (χ2v) is 8.96. The predicted octanol–water partition coefficient (Wildman–Crippen LogP) is 2.38. The van der Waals surface area contributed by atoms with Gasteiger partial charge in [0, 0.05) is 32.4 Å². The molecule has 0 aromatic heterocycles. The van der Waals surface area contributed by atoms with Crippen LogP contribution in [0, 0.1) is 10.1 Å². The molecule has 198 valence electrons. The molecule has 36 heavy (non-hydrogen) atoms. The smallest absolute Gasteiger partial charge is 0.306 e. The van der Waals surface area contributed by atoms with Gasteiger partial charge in [0.1, 0.15) is 6.10 Å². The molecule has 1 saturated heterocycles. The highest BCUT2D eigenvalue weighted by molar-refractivity contribution is 8.00. The summed E-state index contributed by atoms with van der Waals surface area (Å²) in [6, 6.07) is 2.60. The minimum Gasteiger partial charge on any atom is -0.493 e. The quantitative estimate of drug-likeness (QED) is 0.126. The number of methoxy groups -OCH3 is 1. The van der Waals surface area contributed by atoms with Crippen molar-refractivity contribution in [3.63, 3.8) is 0 Å². The van der Waals surface area contributed by atoms with Gasteiger partial charge in [-0.25, -0.2) is 0 Å². The van der Waals surface area contributed by atoms with E-state index in [1.165, 1.54) is 37.9 Å². The molecule has 1 fully saturated rings. The van der Waals surface area contributed by atoms with Crippen LogP contribution in [0.1, 0.15) is 51.2 Å². The van der Waals surface area contributed by atoms with E-state index in [1.807, 2.05) is 0 Å². The van der Waals surface area contributed by atoms with Gasteiger partial charge in [0.15, 0.2) is 11.5 Å². The van der Waals surface area contributed by atoms with E-state index in [0.717, 1.165) is 4.90 Å². The topological polar surface area (TPSA) is 154 Å². The Morgan fingerprint density at radius 2 is 2.03 bits per heavy atom. The first-order valence-corrected chi connectivity index (χ1v) is 12.7. The summed E-state index contributed by atoms with van der Waals surface area (Å²) in [6.45, 7) is 3.51. The predicted molar refractivity (Wildman–Crippen MR) is 131 cm³/mol. The van der Waals surface area contributed by atoms with Gasteiger partial charge in [0.25, 0.3) is 5.69 Å². The van der Waals surface area contributed by atoms with Crippen LogP contribution in [-0.2, 0) is 23.9 Å². The molecule has 0 spiro atoms. The summed E-state index contributed by atoms with van der Waals surface area (Å²) in [4.78, 5) is 59.8. The maximum atomic E-state index is 12.1. The van der Waals surface area contributed by atoms with Crippen LogP contribution in [0.4, 0.5) is 5.69 Å². The lowest BCUT2D eigenvalue weighted by Gasteiger charge is -2.17. The largest absolute Gasteiger partial charge is 0.493 e. The lowest BCUT2D eigenvalue weighted by atomic mass is 10.1. The summed E-state index contributed by atoms with van der Waals surface area (Å²) in [5, 5.41) is 13.9. The number of nitrogens with zero attached hydrogens (tertiary/aromatic N) is 2. The molecule has 3 amide bonds. The Balaban J connectivity index is 1.88. The number of rotatable bonds is 14. The molecule has 1 N–H and O–H groups in total. The molecule has 0 radical (unpaired) electrons. The molecule has 1 heterocycles. The van der Waals surface area contributed by atoms with E-state index in [9.17, 15) is 29.3 Å². The van der Waals surface area contributed by atoms with Crippen LogP contribution < -0.4 is 14.8 Å². The number of carbonyl (C=O) groups is 4. The van der Waals surface area contributed by atoms with Crippen molar-refractivity contribution in [3.05, 3.63) is 27.8 Å². The van der Waals surface area contributed by atoms with Crippen molar-refractivity contribution >= 4 is 41.1 Å². The number of nitro groups is 1. The van der Waals surface area contributed by atoms with E-state index in [0.29, 0.717) is 6.42 Å². The first-order chi connectivity index (χ1) is 17.1. The Morgan fingerprint density at radius 1 is 1.31 bits per heavy atom. The van der Waals surface area contributed by atoms with Crippen molar-refractivity contribution in [2.45, 2.75) is 50.9 Å². The van der Waals surface area contributed by atoms with Crippen molar-refractivity contribution in [2.24, 2.45) is 0 Å². The van der Waals surface area contributed by atoms with Crippen LogP contribution in [-0.4, -0.2) is 71.8 Å². The lowest BCUT2D eigenvalue weighted by Crippen LogP contribution is -2.38. The van der Waals surface area contributed by atoms with Crippen molar-refractivity contribution in [2.75, 3.05) is 33.1 Å². The number of amides is 3. The third kappa shape index (κ3) is 7.57. The number of hydrogen-bond acceptors (Lipinski definition) is 10. The Morgan fingerprint density at radius 3 is 2.61 bits per heavy atom. The van der Waals surface area contributed by atoms with Gasteiger partial charge < -0.3 is 19.5 Å². The summed E-state index contributed by atoms with van der Waals surface area (Å²) in [5.74, 6) is -0.896. The van der Waals surface area contributed by atoms with Gasteiger partial charge in [-0.3, -0.25) is 34.2 Å². The van der Waals surface area contributed by atoms with Crippen LogP contribution in [0.25, 0.3) is 0 Å². The van der Waals surface area contributed by atoms with E-state index in [2.05, 4.69) is 5.32 Å². The average Bonchev–Trinajstić information content (AvgIpc) is 3.13. The number of esters is 1. The monoisotopic (exact) mass is 525 g/mol. The second kappa shape index (κ2) is 13.7. The maximum absolute atomic E-state index is 12.1. The van der Waals surface area contributed by atoms with Crippen molar-refractivity contribution < 1.29 is 38.3 Å². The highest BCUT2D eigenvalue weighted by atomic mass is 32.2. The van der Waals surface area contributed by atoms with Crippen molar-refractivity contribution in [3.8, 4) is 11.5 Å². The van der Waals surface area contributed by atoms with Gasteiger partial charge in [-0.05, 0) is 25.7 Å². The number of benzene rings is 1. The molecule has 1 aromatic carbocycles. The van der Waals surface area contributed by atoms with Gasteiger partial charge in [0.2, 0.25) is 17.7 Å². The van der Waals surface area contributed by atoms with Crippen molar-refractivity contribution in [1.29, 1.82) is 0 Å². The molecular weight excluding hydrogens is 494 g/mol. The third-order valence-electron chi connectivity index (χ3n) is 5.49. The molecule has 0 saturated carbocycles. The summed E-state index contributed by atoms with van der Waals surface area (Å²) in [6.07, 6.45) is 1.65. The lowest BCUT2D eigenvalue weighted by molar-refractivity contribution is -0.386. The molecule has 1 aliphatic rings. The highest BCUT2D eigenvalue weighted by Crippen LogP contribution is 2.38. The minimum atomic E-state index is -0.859. The molecule has 13 heteroatoms. The van der Waals surface area contributed by atoms with Crippen LogP contribution >= 0.6 is 11.8 Å². The number of thioether (sulfide) groups is 1. The van der Waals surface area contributed by atoms with Gasteiger partial charge >= 0.3 is 5.97 Å². The molecule has 2 unspecified atom stereocenters. The zero-order chi connectivity index (χ0) is 26.8. The van der Waals surface area contributed by atoms with E-state index in [1.54, 1.807) is 13.2 Å².